The molecule has 4 nitrogen and oxygen atoms in total. The first kappa shape index (κ1) is 16.3. The predicted octanol–water partition coefficient (Wildman–Crippen LogP) is 4.45. The molecule has 0 atom stereocenters. The Balaban J connectivity index is 1.77. The number of nitrogens with zero attached hydrogens (tertiary/aromatic N) is 2. The number of hydrogen-bond acceptors (Lipinski definition) is 2. The van der Waals surface area contributed by atoms with Crippen LogP contribution in [0.4, 0.5) is 5.82 Å². The number of aryl methyl sites for hydroxylation is 2. The fraction of sp³-hybridized carbons (Fsp3) is 0.158. The summed E-state index contributed by atoms with van der Waals surface area (Å²) in [6.45, 7) is 4.47. The lowest BCUT2D eigenvalue weighted by Crippen LogP contribution is -2.13. The Morgan fingerprint density at radius 2 is 1.92 bits per heavy atom. The second kappa shape index (κ2) is 6.89. The zero-order chi connectivity index (χ0) is 17.1. The van der Waals surface area contributed by atoms with Gasteiger partial charge in [0, 0.05) is 22.3 Å². The van der Waals surface area contributed by atoms with Crippen LogP contribution in [0, 0.1) is 13.8 Å². The Kier molecular flexibility index (Phi) is 4.67. The second-order valence-electron chi connectivity index (χ2n) is 5.74. The lowest BCUT2D eigenvalue weighted by atomic mass is 10.1. The van der Waals surface area contributed by atoms with Gasteiger partial charge in [-0.15, -0.1) is 0 Å². The average Bonchev–Trinajstić information content (AvgIpc) is 2.89. The van der Waals surface area contributed by atoms with Crippen LogP contribution in [0.5, 0.6) is 0 Å². The van der Waals surface area contributed by atoms with Gasteiger partial charge in [0.1, 0.15) is 0 Å². The molecule has 24 heavy (non-hydrogen) atoms. The first-order valence-electron chi connectivity index (χ1n) is 7.69. The highest BCUT2D eigenvalue weighted by Gasteiger charge is 2.11. The molecule has 0 aliphatic heterocycles. The van der Waals surface area contributed by atoms with Gasteiger partial charge in [-0.3, -0.25) is 9.48 Å². The summed E-state index contributed by atoms with van der Waals surface area (Å²) in [7, 11) is 0. The van der Waals surface area contributed by atoms with E-state index in [9.17, 15) is 4.79 Å². The molecule has 0 spiro atoms. The predicted molar refractivity (Wildman–Crippen MR) is 96.7 cm³/mol. The van der Waals surface area contributed by atoms with Crippen molar-refractivity contribution in [2.45, 2.75) is 20.4 Å². The summed E-state index contributed by atoms with van der Waals surface area (Å²) in [6.07, 6.45) is 0. The van der Waals surface area contributed by atoms with Crippen molar-refractivity contribution in [3.8, 4) is 0 Å². The maximum absolute atomic E-state index is 12.3. The summed E-state index contributed by atoms with van der Waals surface area (Å²) in [4.78, 5) is 12.3. The van der Waals surface area contributed by atoms with E-state index in [1.807, 2.05) is 67.1 Å². The third-order valence-corrected chi connectivity index (χ3v) is 4.15. The number of carbonyl (C=O) groups excluding carboxylic acids is 1. The van der Waals surface area contributed by atoms with E-state index in [0.29, 0.717) is 22.9 Å². The molecule has 0 saturated heterocycles. The molecular weight excluding hydrogens is 322 g/mol. The quantitative estimate of drug-likeness (QED) is 0.763. The first-order valence-corrected chi connectivity index (χ1v) is 8.06. The van der Waals surface area contributed by atoms with E-state index in [2.05, 4.69) is 10.4 Å². The van der Waals surface area contributed by atoms with Gasteiger partial charge in [0.15, 0.2) is 5.82 Å². The van der Waals surface area contributed by atoms with Crippen LogP contribution in [-0.4, -0.2) is 15.7 Å². The van der Waals surface area contributed by atoms with Gasteiger partial charge in [-0.1, -0.05) is 47.5 Å². The molecule has 0 unspecified atom stereocenters. The van der Waals surface area contributed by atoms with E-state index in [1.54, 1.807) is 6.07 Å². The smallest absolute Gasteiger partial charge is 0.256 e. The molecular formula is C19H18ClN3O. The normalized spacial score (nSPS) is 10.6. The fourth-order valence-corrected chi connectivity index (χ4v) is 2.69. The Hall–Kier alpha value is -2.59. The molecule has 5 heteroatoms. The minimum Gasteiger partial charge on any atom is -0.305 e. The van der Waals surface area contributed by atoms with Crippen LogP contribution < -0.4 is 5.32 Å². The topological polar surface area (TPSA) is 46.9 Å². The van der Waals surface area contributed by atoms with Crippen molar-refractivity contribution < 1.29 is 4.79 Å². The monoisotopic (exact) mass is 339 g/mol. The van der Waals surface area contributed by atoms with Crippen LogP contribution in [0.15, 0.2) is 54.6 Å². The van der Waals surface area contributed by atoms with Crippen molar-refractivity contribution in [2.75, 3.05) is 5.32 Å². The SMILES string of the molecule is Cc1cccc(C(=O)Nc2cc(C)n(Cc3ccccc3Cl)n2)c1. The van der Waals surface area contributed by atoms with Gasteiger partial charge in [-0.25, -0.2) is 0 Å². The summed E-state index contributed by atoms with van der Waals surface area (Å²) >= 11 is 6.20. The van der Waals surface area contributed by atoms with Gasteiger partial charge < -0.3 is 5.32 Å². The van der Waals surface area contributed by atoms with Gasteiger partial charge in [-0.05, 0) is 37.6 Å². The fourth-order valence-electron chi connectivity index (χ4n) is 2.49. The Labute approximate surface area is 146 Å². The lowest BCUT2D eigenvalue weighted by molar-refractivity contribution is 0.102. The van der Waals surface area contributed by atoms with Crippen LogP contribution >= 0.6 is 11.6 Å². The van der Waals surface area contributed by atoms with Crippen LogP contribution in [-0.2, 0) is 6.54 Å². The summed E-state index contributed by atoms with van der Waals surface area (Å²) < 4.78 is 1.83. The molecule has 2 aromatic carbocycles. The third-order valence-electron chi connectivity index (χ3n) is 3.78. The van der Waals surface area contributed by atoms with E-state index in [0.717, 1.165) is 16.8 Å². The molecule has 1 N–H and O–H groups in total. The average molecular weight is 340 g/mol. The molecule has 0 fully saturated rings. The molecule has 1 amide bonds. The lowest BCUT2D eigenvalue weighted by Gasteiger charge is -2.06. The Morgan fingerprint density at radius 1 is 1.12 bits per heavy atom. The molecule has 1 aromatic heterocycles. The minimum absolute atomic E-state index is 0.166. The molecule has 3 aromatic rings. The van der Waals surface area contributed by atoms with Gasteiger partial charge in [0.2, 0.25) is 0 Å². The maximum atomic E-state index is 12.3. The highest BCUT2D eigenvalue weighted by atomic mass is 35.5. The highest BCUT2D eigenvalue weighted by molar-refractivity contribution is 6.31. The van der Waals surface area contributed by atoms with Crippen LogP contribution in [0.1, 0.15) is 27.2 Å². The Morgan fingerprint density at radius 3 is 2.67 bits per heavy atom. The number of nitrogens with one attached hydrogen (secondary N) is 1. The second-order valence-corrected chi connectivity index (χ2v) is 6.15. The zero-order valence-corrected chi connectivity index (χ0v) is 14.3. The molecule has 1 heterocycles. The standard InChI is InChI=1S/C19H18ClN3O/c1-13-6-5-8-15(10-13)19(24)21-18-11-14(2)23(22-18)12-16-7-3-4-9-17(16)20/h3-11H,12H2,1-2H3,(H,21,22,24). The molecule has 0 radical (unpaired) electrons. The number of anilines is 1. The van der Waals surface area contributed by atoms with Crippen molar-refractivity contribution >= 4 is 23.3 Å². The number of halogens is 1. The van der Waals surface area contributed by atoms with Crippen molar-refractivity contribution in [1.29, 1.82) is 0 Å². The van der Waals surface area contributed by atoms with Gasteiger partial charge in [0.25, 0.3) is 5.91 Å². The minimum atomic E-state index is -0.166. The summed E-state index contributed by atoms with van der Waals surface area (Å²) in [5, 5.41) is 8.01. The van der Waals surface area contributed by atoms with Crippen LogP contribution in [0.3, 0.4) is 0 Å². The van der Waals surface area contributed by atoms with Crippen molar-refractivity contribution in [3.05, 3.63) is 82.0 Å². The van der Waals surface area contributed by atoms with Gasteiger partial charge in [0.05, 0.1) is 6.54 Å². The Bertz CT molecular complexity index is 886. The number of benzene rings is 2. The van der Waals surface area contributed by atoms with Gasteiger partial charge in [-0.2, -0.15) is 5.10 Å². The number of aromatic nitrogens is 2. The van der Waals surface area contributed by atoms with E-state index in [1.165, 1.54) is 0 Å². The maximum Gasteiger partial charge on any atom is 0.256 e. The van der Waals surface area contributed by atoms with E-state index < -0.39 is 0 Å². The molecule has 122 valence electrons. The number of hydrogen-bond donors (Lipinski definition) is 1. The largest absolute Gasteiger partial charge is 0.305 e. The molecule has 0 bridgehead atoms. The first-order chi connectivity index (χ1) is 11.5. The molecule has 0 aliphatic carbocycles. The number of rotatable bonds is 4. The zero-order valence-electron chi connectivity index (χ0n) is 13.6. The molecule has 0 saturated carbocycles. The summed E-state index contributed by atoms with van der Waals surface area (Å²) in [5.74, 6) is 0.368. The van der Waals surface area contributed by atoms with Crippen LogP contribution in [0.2, 0.25) is 5.02 Å². The van der Waals surface area contributed by atoms with Crippen LogP contribution in [0.25, 0.3) is 0 Å². The third kappa shape index (κ3) is 3.66. The number of amides is 1. The molecule has 0 aliphatic rings. The highest BCUT2D eigenvalue weighted by Crippen LogP contribution is 2.18. The molecule has 3 rings (SSSR count). The van der Waals surface area contributed by atoms with Crippen molar-refractivity contribution in [3.63, 3.8) is 0 Å². The summed E-state index contributed by atoms with van der Waals surface area (Å²) in [6, 6.07) is 17.0. The van der Waals surface area contributed by atoms with E-state index in [4.69, 9.17) is 11.6 Å². The number of carbonyl (C=O) groups is 1. The van der Waals surface area contributed by atoms with E-state index >= 15 is 0 Å². The van der Waals surface area contributed by atoms with E-state index in [-0.39, 0.29) is 5.91 Å². The van der Waals surface area contributed by atoms with Gasteiger partial charge >= 0.3 is 0 Å². The van der Waals surface area contributed by atoms with Crippen molar-refractivity contribution in [2.24, 2.45) is 0 Å². The van der Waals surface area contributed by atoms with Crippen molar-refractivity contribution in [1.82, 2.24) is 9.78 Å². The summed E-state index contributed by atoms with van der Waals surface area (Å²) in [5.41, 5.74) is 3.60.